The number of non-ortho nitro benzene ring substituents is 1. The van der Waals surface area contributed by atoms with Crippen LogP contribution in [0, 0.1) is 16.0 Å². The second-order valence-electron chi connectivity index (χ2n) is 6.35. The predicted molar refractivity (Wildman–Crippen MR) is 116 cm³/mol. The summed E-state index contributed by atoms with van der Waals surface area (Å²) in [5.74, 6) is -0.676. The minimum absolute atomic E-state index is 0.0576. The number of amides is 2. The molecule has 0 aliphatic heterocycles. The molecule has 0 aliphatic rings. The second-order valence-corrected chi connectivity index (χ2v) is 6.76. The minimum atomic E-state index is -0.504. The Balaban J connectivity index is 1.88. The Labute approximate surface area is 173 Å². The molecule has 0 fully saturated rings. The Hall–Kier alpha value is -3.59. The second kappa shape index (κ2) is 10.1. The average molecular weight is 412 g/mol. The van der Waals surface area contributed by atoms with Gasteiger partial charge in [-0.1, -0.05) is 26.0 Å². The van der Waals surface area contributed by atoms with E-state index < -0.39 is 10.8 Å². The number of nitro benzene ring substituents is 1. The lowest BCUT2D eigenvalue weighted by molar-refractivity contribution is -0.384. The van der Waals surface area contributed by atoms with Crippen molar-refractivity contribution in [3.63, 3.8) is 0 Å². The van der Waals surface area contributed by atoms with Crippen molar-refractivity contribution in [2.75, 3.05) is 10.6 Å². The topological polar surface area (TPSA) is 113 Å². The molecule has 2 amide bonds. The molecule has 9 heteroatoms. The molecule has 2 aromatic carbocycles. The van der Waals surface area contributed by atoms with Gasteiger partial charge in [0.2, 0.25) is 11.8 Å². The number of hydrogen-bond acceptors (Lipinski definition) is 5. The lowest BCUT2D eigenvalue weighted by atomic mass is 10.2. The van der Waals surface area contributed by atoms with Gasteiger partial charge in [-0.05, 0) is 48.1 Å². The van der Waals surface area contributed by atoms with Crippen molar-refractivity contribution in [3.05, 3.63) is 70.3 Å². The van der Waals surface area contributed by atoms with Crippen LogP contribution in [0.5, 0.6) is 0 Å². The number of anilines is 2. The van der Waals surface area contributed by atoms with Crippen LogP contribution in [0.15, 0.2) is 54.6 Å². The van der Waals surface area contributed by atoms with Crippen molar-refractivity contribution in [2.24, 2.45) is 5.92 Å². The molecule has 150 valence electrons. The third kappa shape index (κ3) is 7.15. The molecule has 0 saturated heterocycles. The molecule has 0 bridgehead atoms. The maximum Gasteiger partial charge on any atom is 0.270 e. The van der Waals surface area contributed by atoms with E-state index in [1.165, 1.54) is 30.4 Å². The van der Waals surface area contributed by atoms with Crippen molar-refractivity contribution < 1.29 is 14.5 Å². The predicted octanol–water partition coefficient (Wildman–Crippen LogP) is 3.72. The third-order valence-corrected chi connectivity index (χ3v) is 3.88. The van der Waals surface area contributed by atoms with E-state index in [9.17, 15) is 19.7 Å². The summed E-state index contributed by atoms with van der Waals surface area (Å²) in [7, 11) is 0. The smallest absolute Gasteiger partial charge is 0.270 e. The molecule has 0 unspecified atom stereocenters. The third-order valence-electron chi connectivity index (χ3n) is 3.68. The first-order valence-electron chi connectivity index (χ1n) is 8.70. The summed E-state index contributed by atoms with van der Waals surface area (Å²) in [5.41, 5.74) is 1.76. The van der Waals surface area contributed by atoms with E-state index in [0.717, 1.165) is 0 Å². The molecule has 0 spiro atoms. The quantitative estimate of drug-likeness (QED) is 0.288. The largest absolute Gasteiger partial charge is 0.332 e. The highest BCUT2D eigenvalue weighted by molar-refractivity contribution is 7.80. The van der Waals surface area contributed by atoms with Crippen molar-refractivity contribution >= 4 is 52.3 Å². The number of nitro groups is 1. The number of carbonyl (C=O) groups excluding carboxylic acids is 2. The Morgan fingerprint density at radius 2 is 1.69 bits per heavy atom. The van der Waals surface area contributed by atoms with Gasteiger partial charge in [-0.15, -0.1) is 0 Å². The van der Waals surface area contributed by atoms with Gasteiger partial charge in [0.25, 0.3) is 5.69 Å². The first-order valence-corrected chi connectivity index (χ1v) is 9.11. The van der Waals surface area contributed by atoms with E-state index in [1.54, 1.807) is 44.2 Å². The van der Waals surface area contributed by atoms with Gasteiger partial charge in [0, 0.05) is 35.5 Å². The number of rotatable bonds is 6. The van der Waals surface area contributed by atoms with E-state index in [1.807, 2.05) is 0 Å². The summed E-state index contributed by atoms with van der Waals surface area (Å²) in [4.78, 5) is 33.9. The monoisotopic (exact) mass is 412 g/mol. The minimum Gasteiger partial charge on any atom is -0.332 e. The van der Waals surface area contributed by atoms with Gasteiger partial charge in [-0.25, -0.2) is 0 Å². The van der Waals surface area contributed by atoms with Gasteiger partial charge in [0.1, 0.15) is 0 Å². The molecule has 2 rings (SSSR count). The standard InChI is InChI=1S/C20H20N4O4S/c1-13(2)19(26)21-15-7-9-16(10-8-15)22-20(29)23-18(25)11-6-14-4-3-5-17(12-14)24(27)28/h3-13H,1-2H3,(H,21,26)(H2,22,23,25,29). The molecule has 2 aromatic rings. The zero-order valence-corrected chi connectivity index (χ0v) is 16.7. The fraction of sp³-hybridized carbons (Fsp3) is 0.150. The number of nitrogens with one attached hydrogen (secondary N) is 3. The molecule has 3 N–H and O–H groups in total. The number of nitrogens with zero attached hydrogens (tertiary/aromatic N) is 1. The summed E-state index contributed by atoms with van der Waals surface area (Å²) in [6, 6.07) is 12.8. The number of benzene rings is 2. The number of carbonyl (C=O) groups is 2. The van der Waals surface area contributed by atoms with E-state index >= 15 is 0 Å². The normalized spacial score (nSPS) is 10.6. The van der Waals surface area contributed by atoms with Crippen LogP contribution in [0.1, 0.15) is 19.4 Å². The average Bonchev–Trinajstić information content (AvgIpc) is 2.68. The Morgan fingerprint density at radius 1 is 1.07 bits per heavy atom. The van der Waals surface area contributed by atoms with Gasteiger partial charge >= 0.3 is 0 Å². The molecular weight excluding hydrogens is 392 g/mol. The van der Waals surface area contributed by atoms with Gasteiger partial charge in [-0.2, -0.15) is 0 Å². The highest BCUT2D eigenvalue weighted by Gasteiger charge is 2.08. The molecular formula is C20H20N4O4S. The van der Waals surface area contributed by atoms with Crippen LogP contribution < -0.4 is 16.0 Å². The molecule has 0 aliphatic carbocycles. The van der Waals surface area contributed by atoms with Crippen LogP contribution in [0.2, 0.25) is 0 Å². The van der Waals surface area contributed by atoms with Gasteiger partial charge in [-0.3, -0.25) is 25.0 Å². The van der Waals surface area contributed by atoms with Crippen LogP contribution in [0.4, 0.5) is 17.1 Å². The first kappa shape index (κ1) is 21.7. The number of hydrogen-bond donors (Lipinski definition) is 3. The fourth-order valence-electron chi connectivity index (χ4n) is 2.15. The lowest BCUT2D eigenvalue weighted by Crippen LogP contribution is -2.32. The summed E-state index contributed by atoms with van der Waals surface area (Å²) in [6.07, 6.45) is 2.69. The zero-order chi connectivity index (χ0) is 21.4. The van der Waals surface area contributed by atoms with E-state index in [4.69, 9.17) is 12.2 Å². The molecule has 8 nitrogen and oxygen atoms in total. The van der Waals surface area contributed by atoms with Crippen molar-refractivity contribution in [3.8, 4) is 0 Å². The highest BCUT2D eigenvalue weighted by Crippen LogP contribution is 2.15. The van der Waals surface area contributed by atoms with Crippen LogP contribution in [-0.2, 0) is 9.59 Å². The lowest BCUT2D eigenvalue weighted by Gasteiger charge is -2.10. The molecule has 0 atom stereocenters. The fourth-order valence-corrected chi connectivity index (χ4v) is 2.37. The zero-order valence-electron chi connectivity index (χ0n) is 15.8. The molecule has 29 heavy (non-hydrogen) atoms. The summed E-state index contributed by atoms with van der Waals surface area (Å²) in [5, 5.41) is 19.0. The van der Waals surface area contributed by atoms with Crippen molar-refractivity contribution in [2.45, 2.75) is 13.8 Å². The molecule has 0 aromatic heterocycles. The van der Waals surface area contributed by atoms with E-state index in [0.29, 0.717) is 16.9 Å². The van der Waals surface area contributed by atoms with Crippen molar-refractivity contribution in [1.82, 2.24) is 5.32 Å². The highest BCUT2D eigenvalue weighted by atomic mass is 32.1. The molecule has 0 saturated carbocycles. The summed E-state index contributed by atoms with van der Waals surface area (Å²) < 4.78 is 0. The maximum absolute atomic E-state index is 12.0. The van der Waals surface area contributed by atoms with Crippen LogP contribution in [0.3, 0.4) is 0 Å². The number of thiocarbonyl (C=S) groups is 1. The first-order chi connectivity index (χ1) is 13.7. The van der Waals surface area contributed by atoms with Crippen molar-refractivity contribution in [1.29, 1.82) is 0 Å². The van der Waals surface area contributed by atoms with Gasteiger partial charge < -0.3 is 10.6 Å². The van der Waals surface area contributed by atoms with E-state index in [-0.39, 0.29) is 22.6 Å². The summed E-state index contributed by atoms with van der Waals surface area (Å²) in [6.45, 7) is 3.61. The van der Waals surface area contributed by atoms with Crippen LogP contribution in [0.25, 0.3) is 6.08 Å². The van der Waals surface area contributed by atoms with Gasteiger partial charge in [0.05, 0.1) is 4.92 Å². The van der Waals surface area contributed by atoms with Crippen LogP contribution >= 0.6 is 12.2 Å². The molecule has 0 heterocycles. The van der Waals surface area contributed by atoms with Crippen LogP contribution in [-0.4, -0.2) is 21.9 Å². The molecule has 0 radical (unpaired) electrons. The Morgan fingerprint density at radius 3 is 2.28 bits per heavy atom. The maximum atomic E-state index is 12.0. The Kier molecular flexibility index (Phi) is 7.55. The van der Waals surface area contributed by atoms with Gasteiger partial charge in [0.15, 0.2) is 5.11 Å². The van der Waals surface area contributed by atoms with E-state index in [2.05, 4.69) is 16.0 Å². The SMILES string of the molecule is CC(C)C(=O)Nc1ccc(NC(=S)NC(=O)C=Cc2cccc([N+](=O)[O-])c2)cc1. The summed E-state index contributed by atoms with van der Waals surface area (Å²) >= 11 is 5.10. The Bertz CT molecular complexity index is 955.